The molecule has 0 amide bonds. The summed E-state index contributed by atoms with van der Waals surface area (Å²) in [6.07, 6.45) is 0.0314. The van der Waals surface area contributed by atoms with E-state index in [-0.39, 0.29) is 12.3 Å². The predicted octanol–water partition coefficient (Wildman–Crippen LogP) is 2.20. The van der Waals surface area contributed by atoms with Crippen LogP contribution in [0.4, 0.5) is 13.2 Å². The van der Waals surface area contributed by atoms with E-state index in [0.717, 1.165) is 12.1 Å². The van der Waals surface area contributed by atoms with Gasteiger partial charge in [0.1, 0.15) is 6.04 Å². The molecule has 0 aliphatic heterocycles. The summed E-state index contributed by atoms with van der Waals surface area (Å²) < 4.78 is 67.6. The van der Waals surface area contributed by atoms with Crippen LogP contribution < -0.4 is 9.46 Å². The zero-order chi connectivity index (χ0) is 17.8. The molecule has 23 heavy (non-hydrogen) atoms. The van der Waals surface area contributed by atoms with Crippen molar-refractivity contribution in [2.24, 2.45) is 5.92 Å². The molecule has 130 valence electrons. The van der Waals surface area contributed by atoms with Gasteiger partial charge >= 0.3 is 12.6 Å². The highest BCUT2D eigenvalue weighted by atomic mass is 32.2. The van der Waals surface area contributed by atoms with Crippen LogP contribution in [0.1, 0.15) is 20.3 Å². The number of hydrogen-bond acceptors (Lipinski definition) is 4. The average Bonchev–Trinajstić information content (AvgIpc) is 2.38. The molecule has 6 nitrogen and oxygen atoms in total. The molecule has 0 spiro atoms. The van der Waals surface area contributed by atoms with Gasteiger partial charge in [-0.05, 0) is 30.5 Å². The van der Waals surface area contributed by atoms with Crippen molar-refractivity contribution in [1.82, 2.24) is 4.72 Å². The molecule has 0 saturated carbocycles. The predicted molar refractivity (Wildman–Crippen MR) is 74.2 cm³/mol. The summed E-state index contributed by atoms with van der Waals surface area (Å²) in [5, 5.41) is 9.03. The first-order valence-electron chi connectivity index (χ1n) is 6.52. The summed E-state index contributed by atoms with van der Waals surface area (Å²) in [4.78, 5) is 10.5. The van der Waals surface area contributed by atoms with Gasteiger partial charge in [-0.3, -0.25) is 4.79 Å². The van der Waals surface area contributed by atoms with E-state index in [2.05, 4.69) is 4.74 Å². The van der Waals surface area contributed by atoms with Gasteiger partial charge in [0.2, 0.25) is 10.0 Å². The minimum atomic E-state index is -4.33. The maximum absolute atomic E-state index is 13.6. The summed E-state index contributed by atoms with van der Waals surface area (Å²) in [6, 6.07) is 0.667. The Bertz CT molecular complexity index is 664. The zero-order valence-electron chi connectivity index (χ0n) is 12.3. The number of carbonyl (C=O) groups is 1. The Labute approximate surface area is 131 Å². The molecule has 0 radical (unpaired) electrons. The molecule has 1 aromatic carbocycles. The number of carboxylic acid groups (broad SMARTS) is 1. The van der Waals surface area contributed by atoms with Crippen molar-refractivity contribution in [3.05, 3.63) is 24.0 Å². The van der Waals surface area contributed by atoms with Crippen LogP contribution in [0.15, 0.2) is 23.1 Å². The molecule has 1 aromatic rings. The standard InChI is InChI=1S/C13H16F3NO5S/c1-7(2)5-10(12(18)19)17-23(20,21)8-3-4-11(9(14)6-8)22-13(15)16/h3-4,6-7,10,13,17H,5H2,1-2H3,(H,18,19)/t10-/m1/s1. The van der Waals surface area contributed by atoms with Crippen molar-refractivity contribution in [2.75, 3.05) is 0 Å². The largest absolute Gasteiger partial charge is 0.480 e. The third-order valence-electron chi connectivity index (χ3n) is 2.73. The van der Waals surface area contributed by atoms with Crippen LogP contribution >= 0.6 is 0 Å². The van der Waals surface area contributed by atoms with Crippen LogP contribution in [0.25, 0.3) is 0 Å². The highest BCUT2D eigenvalue weighted by Gasteiger charge is 2.27. The fourth-order valence-corrected chi connectivity index (χ4v) is 2.98. The molecule has 0 fully saturated rings. The monoisotopic (exact) mass is 355 g/mol. The molecule has 0 heterocycles. The number of rotatable bonds is 8. The fourth-order valence-electron chi connectivity index (χ4n) is 1.77. The zero-order valence-corrected chi connectivity index (χ0v) is 13.1. The average molecular weight is 355 g/mol. The number of carboxylic acids is 1. The van der Waals surface area contributed by atoms with Gasteiger partial charge in [-0.25, -0.2) is 12.8 Å². The summed E-state index contributed by atoms with van der Waals surface area (Å²) in [7, 11) is -4.33. The lowest BCUT2D eigenvalue weighted by Gasteiger charge is -2.17. The highest BCUT2D eigenvalue weighted by molar-refractivity contribution is 7.89. The molecule has 1 rings (SSSR count). The Morgan fingerprint density at radius 3 is 2.39 bits per heavy atom. The first-order valence-corrected chi connectivity index (χ1v) is 8.00. The number of benzene rings is 1. The smallest absolute Gasteiger partial charge is 0.387 e. The van der Waals surface area contributed by atoms with Crippen molar-refractivity contribution >= 4 is 16.0 Å². The third kappa shape index (κ3) is 5.71. The van der Waals surface area contributed by atoms with Crippen molar-refractivity contribution in [2.45, 2.75) is 37.8 Å². The topological polar surface area (TPSA) is 92.7 Å². The second-order valence-electron chi connectivity index (χ2n) is 5.11. The lowest BCUT2D eigenvalue weighted by molar-refractivity contribution is -0.139. The van der Waals surface area contributed by atoms with E-state index in [0.29, 0.717) is 6.07 Å². The number of hydrogen-bond donors (Lipinski definition) is 2. The van der Waals surface area contributed by atoms with Gasteiger partial charge in [0.25, 0.3) is 0 Å². The minimum Gasteiger partial charge on any atom is -0.480 e. The van der Waals surface area contributed by atoms with E-state index in [9.17, 15) is 26.4 Å². The van der Waals surface area contributed by atoms with E-state index < -0.39 is 45.1 Å². The first-order chi connectivity index (χ1) is 10.5. The van der Waals surface area contributed by atoms with Crippen LogP contribution in [0.5, 0.6) is 5.75 Å². The van der Waals surface area contributed by atoms with Crippen LogP contribution in [-0.2, 0) is 14.8 Å². The number of halogens is 3. The molecule has 1 atom stereocenters. The number of ether oxygens (including phenoxy) is 1. The minimum absolute atomic E-state index is 0.0314. The number of aliphatic carboxylic acids is 1. The highest BCUT2D eigenvalue weighted by Crippen LogP contribution is 2.23. The summed E-state index contributed by atoms with van der Waals surface area (Å²) in [6.45, 7) is 0.160. The second-order valence-corrected chi connectivity index (χ2v) is 6.83. The van der Waals surface area contributed by atoms with Gasteiger partial charge < -0.3 is 9.84 Å². The summed E-state index contributed by atoms with van der Waals surface area (Å²) in [5.74, 6) is -3.59. The quantitative estimate of drug-likeness (QED) is 0.746. The van der Waals surface area contributed by atoms with Gasteiger partial charge in [-0.2, -0.15) is 13.5 Å². The Balaban J connectivity index is 3.03. The summed E-state index contributed by atoms with van der Waals surface area (Å²) in [5.41, 5.74) is 0. The van der Waals surface area contributed by atoms with Crippen LogP contribution in [0.2, 0.25) is 0 Å². The molecule has 0 aliphatic rings. The fraction of sp³-hybridized carbons (Fsp3) is 0.462. The lowest BCUT2D eigenvalue weighted by atomic mass is 10.1. The SMILES string of the molecule is CC(C)C[C@@H](NS(=O)(=O)c1ccc(OC(F)F)c(F)c1)C(=O)O. The van der Waals surface area contributed by atoms with Gasteiger partial charge in [-0.15, -0.1) is 0 Å². The van der Waals surface area contributed by atoms with Crippen LogP contribution in [-0.4, -0.2) is 32.1 Å². The van der Waals surface area contributed by atoms with Gasteiger partial charge in [0.05, 0.1) is 4.90 Å². The lowest BCUT2D eigenvalue weighted by Crippen LogP contribution is -2.41. The van der Waals surface area contributed by atoms with Gasteiger partial charge in [0, 0.05) is 0 Å². The van der Waals surface area contributed by atoms with Gasteiger partial charge in [0.15, 0.2) is 11.6 Å². The normalized spacial score (nSPS) is 13.3. The van der Waals surface area contributed by atoms with E-state index in [1.54, 1.807) is 13.8 Å². The molecule has 0 saturated heterocycles. The van der Waals surface area contributed by atoms with Crippen LogP contribution in [0, 0.1) is 11.7 Å². The Hall–Kier alpha value is -1.81. The Kier molecular flexibility index (Phi) is 6.39. The van der Waals surface area contributed by atoms with E-state index in [4.69, 9.17) is 5.11 Å². The van der Waals surface area contributed by atoms with Crippen molar-refractivity contribution in [3.8, 4) is 5.75 Å². The molecule has 0 aliphatic carbocycles. The van der Waals surface area contributed by atoms with Crippen LogP contribution in [0.3, 0.4) is 0 Å². The van der Waals surface area contributed by atoms with E-state index in [1.165, 1.54) is 0 Å². The van der Waals surface area contributed by atoms with Crippen molar-refractivity contribution in [3.63, 3.8) is 0 Å². The third-order valence-corrected chi connectivity index (χ3v) is 4.20. The Morgan fingerprint density at radius 2 is 1.96 bits per heavy atom. The molecular formula is C13H16F3NO5S. The summed E-state index contributed by atoms with van der Waals surface area (Å²) >= 11 is 0. The number of nitrogens with one attached hydrogen (secondary N) is 1. The maximum atomic E-state index is 13.6. The molecule has 0 bridgehead atoms. The first kappa shape index (κ1) is 19.2. The number of sulfonamides is 1. The number of alkyl halides is 2. The van der Waals surface area contributed by atoms with Gasteiger partial charge in [-0.1, -0.05) is 13.8 Å². The van der Waals surface area contributed by atoms with Crippen molar-refractivity contribution in [1.29, 1.82) is 0 Å². The van der Waals surface area contributed by atoms with E-state index >= 15 is 0 Å². The Morgan fingerprint density at radius 1 is 1.35 bits per heavy atom. The molecule has 2 N–H and O–H groups in total. The molecular weight excluding hydrogens is 339 g/mol. The molecule has 10 heteroatoms. The second kappa shape index (κ2) is 7.64. The molecule has 0 unspecified atom stereocenters. The maximum Gasteiger partial charge on any atom is 0.387 e. The van der Waals surface area contributed by atoms with Crippen molar-refractivity contribution < 1.29 is 36.2 Å². The van der Waals surface area contributed by atoms with E-state index in [1.807, 2.05) is 4.72 Å². The molecule has 0 aromatic heterocycles.